The van der Waals surface area contributed by atoms with E-state index in [2.05, 4.69) is 21.9 Å². The molecule has 4 nitrogen and oxygen atoms in total. The monoisotopic (exact) mass is 248 g/mol. The lowest BCUT2D eigenvalue weighted by atomic mass is 9.90. The minimum absolute atomic E-state index is 0.394. The van der Waals surface area contributed by atoms with Crippen molar-refractivity contribution in [1.29, 1.82) is 0 Å². The molecule has 4 heteroatoms. The second-order valence-corrected chi connectivity index (χ2v) is 5.26. The summed E-state index contributed by atoms with van der Waals surface area (Å²) in [5, 5.41) is 0. The van der Waals surface area contributed by atoms with Crippen molar-refractivity contribution in [2.75, 3.05) is 5.73 Å². The number of anilines is 1. The summed E-state index contributed by atoms with van der Waals surface area (Å²) < 4.78 is 0. The highest BCUT2D eigenvalue weighted by Crippen LogP contribution is 2.29. The van der Waals surface area contributed by atoms with Crippen molar-refractivity contribution in [3.63, 3.8) is 0 Å². The van der Waals surface area contributed by atoms with Crippen molar-refractivity contribution < 1.29 is 0 Å². The van der Waals surface area contributed by atoms with Crippen molar-refractivity contribution in [1.82, 2.24) is 15.0 Å². The predicted octanol–water partition coefficient (Wildman–Crippen LogP) is 3.23. The quantitative estimate of drug-likeness (QED) is 0.892. The molecule has 18 heavy (non-hydrogen) atoms. The largest absolute Gasteiger partial charge is 0.368 e. The number of aryl methyl sites for hydroxylation is 1. The van der Waals surface area contributed by atoms with Crippen LogP contribution in [0.1, 0.15) is 75.9 Å². The normalized spacial score (nSPS) is 18.3. The highest BCUT2D eigenvalue weighted by atomic mass is 15.1. The van der Waals surface area contributed by atoms with Crippen LogP contribution in [-0.2, 0) is 6.42 Å². The minimum atomic E-state index is 0.394. The first-order valence-electron chi connectivity index (χ1n) is 7.30. The van der Waals surface area contributed by atoms with Crippen molar-refractivity contribution in [2.24, 2.45) is 0 Å². The first-order chi connectivity index (χ1) is 8.79. The highest BCUT2D eigenvalue weighted by molar-refractivity contribution is 5.17. The van der Waals surface area contributed by atoms with E-state index >= 15 is 0 Å². The fourth-order valence-electron chi connectivity index (χ4n) is 2.69. The molecule has 100 valence electrons. The molecule has 1 aliphatic carbocycles. The molecule has 1 saturated carbocycles. The summed E-state index contributed by atoms with van der Waals surface area (Å²) in [6, 6.07) is 0. The fraction of sp³-hybridized carbons (Fsp3) is 0.786. The molecule has 1 aromatic rings. The summed E-state index contributed by atoms with van der Waals surface area (Å²) in [5.74, 6) is 2.69. The van der Waals surface area contributed by atoms with E-state index in [-0.39, 0.29) is 0 Å². The smallest absolute Gasteiger partial charge is 0.223 e. The molecule has 0 unspecified atom stereocenters. The van der Waals surface area contributed by atoms with E-state index in [9.17, 15) is 0 Å². The molecule has 0 spiro atoms. The lowest BCUT2D eigenvalue weighted by molar-refractivity contribution is 0.440. The van der Waals surface area contributed by atoms with Gasteiger partial charge in [0.1, 0.15) is 11.6 Å². The Balaban J connectivity index is 2.14. The summed E-state index contributed by atoms with van der Waals surface area (Å²) in [5.41, 5.74) is 5.80. The van der Waals surface area contributed by atoms with Crippen LogP contribution in [0.5, 0.6) is 0 Å². The van der Waals surface area contributed by atoms with E-state index in [1.165, 1.54) is 44.9 Å². The number of nitrogen functional groups attached to an aromatic ring is 1. The SMILES string of the molecule is CCCc1nc(N)nc(C2CCCCCCC2)n1. The topological polar surface area (TPSA) is 64.7 Å². The van der Waals surface area contributed by atoms with Gasteiger partial charge in [-0.05, 0) is 19.3 Å². The minimum Gasteiger partial charge on any atom is -0.368 e. The molecule has 2 rings (SSSR count). The van der Waals surface area contributed by atoms with Crippen molar-refractivity contribution in [3.05, 3.63) is 11.6 Å². The Morgan fingerprint density at radius 2 is 1.67 bits per heavy atom. The molecule has 2 N–H and O–H groups in total. The van der Waals surface area contributed by atoms with Gasteiger partial charge in [0.25, 0.3) is 0 Å². The lowest BCUT2D eigenvalue weighted by Gasteiger charge is -2.18. The molecule has 0 saturated heterocycles. The second kappa shape index (κ2) is 6.66. The molecule has 0 aliphatic heterocycles. The zero-order valence-electron chi connectivity index (χ0n) is 11.4. The van der Waals surface area contributed by atoms with Gasteiger partial charge in [-0.25, -0.2) is 4.98 Å². The van der Waals surface area contributed by atoms with Gasteiger partial charge in [-0.1, -0.05) is 39.0 Å². The van der Waals surface area contributed by atoms with E-state index in [0.717, 1.165) is 24.5 Å². The predicted molar refractivity (Wildman–Crippen MR) is 73.3 cm³/mol. The van der Waals surface area contributed by atoms with E-state index < -0.39 is 0 Å². The van der Waals surface area contributed by atoms with Gasteiger partial charge in [0.05, 0.1) is 0 Å². The molecule has 1 aromatic heterocycles. The second-order valence-electron chi connectivity index (χ2n) is 5.26. The van der Waals surface area contributed by atoms with Crippen LogP contribution in [0.2, 0.25) is 0 Å². The summed E-state index contributed by atoms with van der Waals surface area (Å²) >= 11 is 0. The van der Waals surface area contributed by atoms with E-state index in [4.69, 9.17) is 5.73 Å². The maximum absolute atomic E-state index is 5.80. The first-order valence-corrected chi connectivity index (χ1v) is 7.30. The molecule has 0 atom stereocenters. The Kier molecular flexibility index (Phi) is 4.90. The average molecular weight is 248 g/mol. The van der Waals surface area contributed by atoms with Gasteiger partial charge < -0.3 is 5.73 Å². The lowest BCUT2D eigenvalue weighted by Crippen LogP contribution is -2.12. The van der Waals surface area contributed by atoms with Gasteiger partial charge in [-0.2, -0.15) is 9.97 Å². The van der Waals surface area contributed by atoms with E-state index in [1.54, 1.807) is 0 Å². The Labute approximate surface area is 109 Å². The zero-order valence-corrected chi connectivity index (χ0v) is 11.4. The number of hydrogen-bond acceptors (Lipinski definition) is 4. The number of hydrogen-bond donors (Lipinski definition) is 1. The molecular formula is C14H24N4. The fourth-order valence-corrected chi connectivity index (χ4v) is 2.69. The van der Waals surface area contributed by atoms with Gasteiger partial charge in [-0.15, -0.1) is 0 Å². The number of nitrogens with two attached hydrogens (primary N) is 1. The van der Waals surface area contributed by atoms with Gasteiger partial charge in [0.2, 0.25) is 5.95 Å². The zero-order chi connectivity index (χ0) is 12.8. The van der Waals surface area contributed by atoms with Crippen LogP contribution in [-0.4, -0.2) is 15.0 Å². The van der Waals surface area contributed by atoms with Crippen LogP contribution < -0.4 is 5.73 Å². The van der Waals surface area contributed by atoms with Crippen LogP contribution in [0, 0.1) is 0 Å². The highest BCUT2D eigenvalue weighted by Gasteiger charge is 2.17. The first kappa shape index (κ1) is 13.2. The summed E-state index contributed by atoms with van der Waals surface area (Å²) in [4.78, 5) is 13.2. The number of rotatable bonds is 3. The molecule has 1 aliphatic rings. The average Bonchev–Trinajstić information content (AvgIpc) is 2.27. The Morgan fingerprint density at radius 3 is 2.33 bits per heavy atom. The maximum atomic E-state index is 5.80. The van der Waals surface area contributed by atoms with Crippen molar-refractivity contribution in [2.45, 2.75) is 70.6 Å². The molecule has 0 bridgehead atoms. The van der Waals surface area contributed by atoms with Crippen LogP contribution in [0.15, 0.2) is 0 Å². The summed E-state index contributed by atoms with van der Waals surface area (Å²) in [6.07, 6.45) is 11.0. The standard InChI is InChI=1S/C14H24N4/c1-2-8-12-16-13(18-14(15)17-12)11-9-6-4-3-5-7-10-11/h11H,2-10H2,1H3,(H2,15,16,17,18). The third-order valence-corrected chi connectivity index (χ3v) is 3.66. The third-order valence-electron chi connectivity index (χ3n) is 3.66. The molecule has 0 aromatic carbocycles. The molecule has 0 amide bonds. The maximum Gasteiger partial charge on any atom is 0.223 e. The van der Waals surface area contributed by atoms with Gasteiger partial charge >= 0.3 is 0 Å². The Hall–Kier alpha value is -1.19. The Morgan fingerprint density at radius 1 is 1.00 bits per heavy atom. The van der Waals surface area contributed by atoms with E-state index in [0.29, 0.717) is 11.9 Å². The van der Waals surface area contributed by atoms with E-state index in [1.807, 2.05) is 0 Å². The molecule has 1 fully saturated rings. The van der Waals surface area contributed by atoms with Crippen LogP contribution >= 0.6 is 0 Å². The van der Waals surface area contributed by atoms with Gasteiger partial charge in [0, 0.05) is 12.3 Å². The third kappa shape index (κ3) is 3.65. The van der Waals surface area contributed by atoms with Crippen LogP contribution in [0.25, 0.3) is 0 Å². The van der Waals surface area contributed by atoms with Crippen molar-refractivity contribution >= 4 is 5.95 Å². The van der Waals surface area contributed by atoms with Gasteiger partial charge in [-0.3, -0.25) is 0 Å². The van der Waals surface area contributed by atoms with Crippen LogP contribution in [0.3, 0.4) is 0 Å². The van der Waals surface area contributed by atoms with Crippen LogP contribution in [0.4, 0.5) is 5.95 Å². The Bertz CT molecular complexity index is 370. The number of aromatic nitrogens is 3. The number of nitrogens with zero attached hydrogens (tertiary/aromatic N) is 3. The molecule has 0 radical (unpaired) electrons. The van der Waals surface area contributed by atoms with Crippen molar-refractivity contribution in [3.8, 4) is 0 Å². The molecular weight excluding hydrogens is 224 g/mol. The molecule has 1 heterocycles. The summed E-state index contributed by atoms with van der Waals surface area (Å²) in [7, 11) is 0. The summed E-state index contributed by atoms with van der Waals surface area (Å²) in [6.45, 7) is 2.13. The van der Waals surface area contributed by atoms with Gasteiger partial charge in [0.15, 0.2) is 0 Å².